The molecule has 1 nitrogen and oxygen atoms in total. The molecule has 4 saturated carbocycles. The largest absolute Gasteiger partial charge is 0.396 e. The fourth-order valence-electron chi connectivity index (χ4n) is 7.64. The van der Waals surface area contributed by atoms with Gasteiger partial charge in [-0.25, -0.2) is 0 Å². The summed E-state index contributed by atoms with van der Waals surface area (Å²) in [6, 6.07) is 0. The maximum atomic E-state index is 10.1. The number of aliphatic hydroxyl groups is 1. The molecule has 4 aliphatic carbocycles. The Balaban J connectivity index is 1.77. The van der Waals surface area contributed by atoms with E-state index in [1.165, 1.54) is 57.8 Å². The van der Waals surface area contributed by atoms with Crippen LogP contribution in [0.1, 0.15) is 71.6 Å². The summed E-state index contributed by atoms with van der Waals surface area (Å²) in [6.07, 6.45) is 12.3. The summed E-state index contributed by atoms with van der Waals surface area (Å²) in [5.74, 6) is 2.51. The van der Waals surface area contributed by atoms with Gasteiger partial charge in [0.05, 0.1) is 0 Å². The molecule has 2 bridgehead atoms. The van der Waals surface area contributed by atoms with E-state index in [0.717, 1.165) is 17.8 Å². The molecule has 1 spiro atoms. The number of fused-ring (bicyclic) bond motifs is 2. The first kappa shape index (κ1) is 14.3. The number of hydrogen-bond acceptors (Lipinski definition) is 1. The zero-order valence-corrected chi connectivity index (χ0v) is 14.0. The second-order valence-corrected chi connectivity index (χ2v) is 9.36. The summed E-state index contributed by atoms with van der Waals surface area (Å²) in [5.41, 5.74) is 2.79. The average molecular weight is 288 g/mol. The SMILES string of the molecule is C=C1CC[C@@]23C[C@@H]1C[C@@H]2CC[C@H]1[C@@](C)(CO)CCC[C@@]13C. The van der Waals surface area contributed by atoms with E-state index in [9.17, 15) is 5.11 Å². The van der Waals surface area contributed by atoms with Crippen LogP contribution in [-0.4, -0.2) is 11.7 Å². The van der Waals surface area contributed by atoms with Crippen molar-refractivity contribution in [2.45, 2.75) is 71.6 Å². The van der Waals surface area contributed by atoms with E-state index in [2.05, 4.69) is 20.4 Å². The molecule has 21 heavy (non-hydrogen) atoms. The van der Waals surface area contributed by atoms with Gasteiger partial charge >= 0.3 is 0 Å². The second-order valence-electron chi connectivity index (χ2n) is 9.36. The van der Waals surface area contributed by atoms with Crippen LogP contribution in [0.4, 0.5) is 0 Å². The molecule has 0 aromatic carbocycles. The molecular weight excluding hydrogens is 256 g/mol. The highest BCUT2D eigenvalue weighted by atomic mass is 16.3. The zero-order valence-electron chi connectivity index (χ0n) is 14.0. The minimum atomic E-state index is 0.180. The summed E-state index contributed by atoms with van der Waals surface area (Å²) in [7, 11) is 0. The summed E-state index contributed by atoms with van der Waals surface area (Å²) in [6.45, 7) is 9.77. The van der Waals surface area contributed by atoms with Crippen LogP contribution in [0.5, 0.6) is 0 Å². The topological polar surface area (TPSA) is 20.2 Å². The highest BCUT2D eigenvalue weighted by Crippen LogP contribution is 2.74. The van der Waals surface area contributed by atoms with Gasteiger partial charge in [-0.15, -0.1) is 0 Å². The Bertz CT molecular complexity index is 468. The van der Waals surface area contributed by atoms with E-state index in [0.29, 0.717) is 17.4 Å². The van der Waals surface area contributed by atoms with Crippen molar-refractivity contribution in [2.75, 3.05) is 6.61 Å². The van der Waals surface area contributed by atoms with E-state index in [-0.39, 0.29) is 5.41 Å². The minimum absolute atomic E-state index is 0.180. The van der Waals surface area contributed by atoms with Crippen LogP contribution in [0.15, 0.2) is 12.2 Å². The van der Waals surface area contributed by atoms with Gasteiger partial charge in [-0.05, 0) is 85.4 Å². The third-order valence-electron chi connectivity index (χ3n) is 8.79. The van der Waals surface area contributed by atoms with Crippen molar-refractivity contribution in [3.63, 3.8) is 0 Å². The predicted molar refractivity (Wildman–Crippen MR) is 86.9 cm³/mol. The van der Waals surface area contributed by atoms with Gasteiger partial charge < -0.3 is 5.11 Å². The number of rotatable bonds is 1. The van der Waals surface area contributed by atoms with Gasteiger partial charge in [0.1, 0.15) is 0 Å². The molecule has 1 heteroatoms. The fourth-order valence-corrected chi connectivity index (χ4v) is 7.64. The first-order valence-electron chi connectivity index (χ1n) is 9.24. The Morgan fingerprint density at radius 2 is 2.00 bits per heavy atom. The third-order valence-corrected chi connectivity index (χ3v) is 8.79. The Kier molecular flexibility index (Phi) is 2.98. The van der Waals surface area contributed by atoms with Crippen molar-refractivity contribution in [3.8, 4) is 0 Å². The molecule has 0 amide bonds. The van der Waals surface area contributed by atoms with Crippen LogP contribution in [0.25, 0.3) is 0 Å². The van der Waals surface area contributed by atoms with Gasteiger partial charge in [0, 0.05) is 6.61 Å². The van der Waals surface area contributed by atoms with Crippen LogP contribution >= 0.6 is 0 Å². The predicted octanol–water partition coefficient (Wildman–Crippen LogP) is 4.95. The molecule has 0 unspecified atom stereocenters. The van der Waals surface area contributed by atoms with Crippen LogP contribution in [0.3, 0.4) is 0 Å². The molecule has 1 N–H and O–H groups in total. The van der Waals surface area contributed by atoms with Crippen LogP contribution in [0.2, 0.25) is 0 Å². The summed E-state index contributed by atoms with van der Waals surface area (Å²) in [5, 5.41) is 10.1. The van der Waals surface area contributed by atoms with E-state index in [1.807, 2.05) is 0 Å². The minimum Gasteiger partial charge on any atom is -0.396 e. The van der Waals surface area contributed by atoms with Crippen molar-refractivity contribution >= 4 is 0 Å². The van der Waals surface area contributed by atoms with Crippen LogP contribution in [0, 0.1) is 34.0 Å². The molecule has 0 radical (unpaired) electrons. The second kappa shape index (κ2) is 4.37. The lowest BCUT2D eigenvalue weighted by molar-refractivity contribution is -0.169. The molecular formula is C20H32O. The van der Waals surface area contributed by atoms with Gasteiger partial charge in [-0.3, -0.25) is 0 Å². The van der Waals surface area contributed by atoms with E-state index >= 15 is 0 Å². The van der Waals surface area contributed by atoms with Gasteiger partial charge in [0.15, 0.2) is 0 Å². The maximum Gasteiger partial charge on any atom is 0.0487 e. The van der Waals surface area contributed by atoms with Crippen molar-refractivity contribution in [3.05, 3.63) is 12.2 Å². The van der Waals surface area contributed by atoms with Gasteiger partial charge in [-0.2, -0.15) is 0 Å². The van der Waals surface area contributed by atoms with Crippen molar-refractivity contribution < 1.29 is 5.11 Å². The number of allylic oxidation sites excluding steroid dienone is 1. The molecule has 118 valence electrons. The molecule has 4 rings (SSSR count). The summed E-state index contributed by atoms with van der Waals surface area (Å²) >= 11 is 0. The molecule has 0 aromatic rings. The molecule has 0 saturated heterocycles. The molecule has 0 heterocycles. The monoisotopic (exact) mass is 288 g/mol. The average Bonchev–Trinajstić information content (AvgIpc) is 2.79. The fraction of sp³-hybridized carbons (Fsp3) is 0.900. The van der Waals surface area contributed by atoms with Crippen molar-refractivity contribution in [2.24, 2.45) is 34.0 Å². The number of hydrogen-bond donors (Lipinski definition) is 1. The van der Waals surface area contributed by atoms with Gasteiger partial charge in [0.25, 0.3) is 0 Å². The summed E-state index contributed by atoms with van der Waals surface area (Å²) in [4.78, 5) is 0. The Morgan fingerprint density at radius 3 is 2.76 bits per heavy atom. The van der Waals surface area contributed by atoms with Gasteiger partial charge in [-0.1, -0.05) is 32.4 Å². The van der Waals surface area contributed by atoms with E-state index < -0.39 is 0 Å². The standard InChI is InChI=1S/C20H32O/c1-14-7-10-20-12-15(14)11-16(20)5-6-17-18(2,13-21)8-4-9-19(17,20)3/h15-17,21H,1,4-13H2,2-3H3/t15-,16-,17-,18+,19-,20+/m0/s1. The quantitative estimate of drug-likeness (QED) is 0.677. The third kappa shape index (κ3) is 1.62. The zero-order chi connectivity index (χ0) is 14.9. The van der Waals surface area contributed by atoms with E-state index in [4.69, 9.17) is 0 Å². The van der Waals surface area contributed by atoms with Crippen LogP contribution in [-0.2, 0) is 0 Å². The summed E-state index contributed by atoms with van der Waals surface area (Å²) < 4.78 is 0. The Morgan fingerprint density at radius 1 is 1.19 bits per heavy atom. The molecule has 4 fully saturated rings. The Labute approximate surface area is 130 Å². The maximum absolute atomic E-state index is 10.1. The normalized spacial score (nSPS) is 56.0. The lowest BCUT2D eigenvalue weighted by Crippen LogP contribution is -2.58. The van der Waals surface area contributed by atoms with Gasteiger partial charge in [0.2, 0.25) is 0 Å². The highest BCUT2D eigenvalue weighted by Gasteiger charge is 2.66. The lowest BCUT2D eigenvalue weighted by Gasteiger charge is -2.65. The van der Waals surface area contributed by atoms with Crippen molar-refractivity contribution in [1.29, 1.82) is 0 Å². The molecule has 6 atom stereocenters. The molecule has 4 aliphatic rings. The lowest BCUT2D eigenvalue weighted by atomic mass is 9.40. The first-order chi connectivity index (χ1) is 9.95. The number of aliphatic hydroxyl groups excluding tert-OH is 1. The Hall–Kier alpha value is -0.300. The van der Waals surface area contributed by atoms with Crippen molar-refractivity contribution in [1.82, 2.24) is 0 Å². The smallest absolute Gasteiger partial charge is 0.0487 e. The van der Waals surface area contributed by atoms with E-state index in [1.54, 1.807) is 5.57 Å². The molecule has 0 aromatic heterocycles. The first-order valence-corrected chi connectivity index (χ1v) is 9.24. The van der Waals surface area contributed by atoms with Crippen LogP contribution < -0.4 is 0 Å². The molecule has 0 aliphatic heterocycles. The highest BCUT2D eigenvalue weighted by molar-refractivity contribution is 5.22.